The second-order valence-corrected chi connectivity index (χ2v) is 3.22. The number of aryl methyl sites for hydroxylation is 1. The summed E-state index contributed by atoms with van der Waals surface area (Å²) >= 11 is 0. The molecule has 0 bridgehead atoms. The van der Waals surface area contributed by atoms with E-state index in [-0.39, 0.29) is 5.91 Å². The van der Waals surface area contributed by atoms with Crippen molar-refractivity contribution >= 4 is 5.91 Å². The third-order valence-electron chi connectivity index (χ3n) is 2.09. The van der Waals surface area contributed by atoms with Crippen molar-refractivity contribution in [3.63, 3.8) is 0 Å². The Kier molecular flexibility index (Phi) is 3.59. The summed E-state index contributed by atoms with van der Waals surface area (Å²) in [7, 11) is 3.43. The molecule has 0 aliphatic carbocycles. The van der Waals surface area contributed by atoms with Crippen LogP contribution in [0.15, 0.2) is 24.5 Å². The lowest BCUT2D eigenvalue weighted by molar-refractivity contribution is -0.685. The molecular formula is C10H16N3O+. The zero-order valence-corrected chi connectivity index (χ0v) is 8.82. The predicted octanol–water partition coefficient (Wildman–Crippen LogP) is -0.125. The van der Waals surface area contributed by atoms with E-state index in [2.05, 4.69) is 5.43 Å². The maximum absolute atomic E-state index is 11.5. The van der Waals surface area contributed by atoms with Crippen molar-refractivity contribution in [1.82, 2.24) is 10.4 Å². The summed E-state index contributed by atoms with van der Waals surface area (Å²) < 4.78 is 1.85. The van der Waals surface area contributed by atoms with Gasteiger partial charge in [-0.25, -0.2) is 5.43 Å². The van der Waals surface area contributed by atoms with E-state index in [0.717, 1.165) is 0 Å². The van der Waals surface area contributed by atoms with Crippen LogP contribution in [-0.4, -0.2) is 25.0 Å². The minimum absolute atomic E-state index is 0.0290. The number of rotatable bonds is 3. The molecule has 0 aliphatic rings. The van der Waals surface area contributed by atoms with Gasteiger partial charge in [-0.1, -0.05) is 0 Å². The molecule has 0 radical (unpaired) electrons. The first-order valence-corrected chi connectivity index (χ1v) is 4.53. The minimum Gasteiger partial charge on any atom is -0.276 e. The molecule has 1 heterocycles. The van der Waals surface area contributed by atoms with Crippen molar-refractivity contribution in [1.29, 1.82) is 0 Å². The highest BCUT2D eigenvalue weighted by molar-refractivity contribution is 5.73. The fourth-order valence-corrected chi connectivity index (χ4v) is 1.02. The molecule has 4 heteroatoms. The first-order chi connectivity index (χ1) is 6.63. The number of hydrogen-bond acceptors (Lipinski definition) is 2. The monoisotopic (exact) mass is 194 g/mol. The van der Waals surface area contributed by atoms with E-state index in [4.69, 9.17) is 0 Å². The third-order valence-corrected chi connectivity index (χ3v) is 2.09. The molecule has 1 aromatic rings. The summed E-state index contributed by atoms with van der Waals surface area (Å²) in [6.45, 7) is 2.38. The summed E-state index contributed by atoms with van der Waals surface area (Å²) in [5.41, 5.74) is 3.96. The van der Waals surface area contributed by atoms with Crippen molar-refractivity contribution in [2.24, 2.45) is 0 Å². The minimum atomic E-state index is 0.0290. The maximum Gasteiger partial charge on any atom is 0.302 e. The summed E-state index contributed by atoms with van der Waals surface area (Å²) in [6, 6.07) is 3.96. The van der Waals surface area contributed by atoms with Gasteiger partial charge in [0.2, 0.25) is 6.54 Å². The Morgan fingerprint density at radius 3 is 2.57 bits per heavy atom. The molecule has 0 spiro atoms. The van der Waals surface area contributed by atoms with Gasteiger partial charge < -0.3 is 0 Å². The summed E-state index contributed by atoms with van der Waals surface area (Å²) in [5.74, 6) is 0.0290. The van der Waals surface area contributed by atoms with E-state index in [1.54, 1.807) is 14.1 Å². The number of hydrogen-bond donors (Lipinski definition) is 1. The van der Waals surface area contributed by atoms with Gasteiger partial charge in [0.1, 0.15) is 0 Å². The van der Waals surface area contributed by atoms with Crippen molar-refractivity contribution in [2.45, 2.75) is 13.5 Å². The van der Waals surface area contributed by atoms with E-state index in [0.29, 0.717) is 6.54 Å². The topological polar surface area (TPSA) is 36.2 Å². The molecule has 4 nitrogen and oxygen atoms in total. The van der Waals surface area contributed by atoms with Gasteiger partial charge in [-0.3, -0.25) is 9.80 Å². The van der Waals surface area contributed by atoms with E-state index in [1.165, 1.54) is 10.6 Å². The first kappa shape index (κ1) is 10.7. The Morgan fingerprint density at radius 2 is 2.07 bits per heavy atom. The average molecular weight is 194 g/mol. The second-order valence-electron chi connectivity index (χ2n) is 3.22. The van der Waals surface area contributed by atoms with Crippen LogP contribution >= 0.6 is 0 Å². The number of aromatic nitrogens is 1. The number of carbonyl (C=O) groups excluding carboxylic acids is 1. The van der Waals surface area contributed by atoms with Gasteiger partial charge in [-0.05, 0) is 12.5 Å². The quantitative estimate of drug-likeness (QED) is 0.538. The second kappa shape index (κ2) is 4.72. The molecule has 1 amide bonds. The van der Waals surface area contributed by atoms with Crippen LogP contribution in [0.3, 0.4) is 0 Å². The molecule has 1 N–H and O–H groups in total. The molecular weight excluding hydrogens is 178 g/mol. The fourth-order valence-electron chi connectivity index (χ4n) is 1.02. The van der Waals surface area contributed by atoms with Crippen LogP contribution in [0.2, 0.25) is 0 Å². The molecule has 0 aliphatic heterocycles. The lowest BCUT2D eigenvalue weighted by Crippen LogP contribution is -2.46. The molecule has 1 rings (SSSR count). The largest absolute Gasteiger partial charge is 0.302 e. The maximum atomic E-state index is 11.5. The summed E-state index contributed by atoms with van der Waals surface area (Å²) in [5, 5.41) is 1.47. The van der Waals surface area contributed by atoms with Crippen LogP contribution in [0, 0.1) is 6.92 Å². The number of amides is 1. The Hall–Kier alpha value is -1.42. The van der Waals surface area contributed by atoms with Gasteiger partial charge in [0, 0.05) is 26.2 Å². The van der Waals surface area contributed by atoms with E-state index >= 15 is 0 Å². The number of carbonyl (C=O) groups is 1. The number of hydrazine groups is 1. The van der Waals surface area contributed by atoms with Crippen LogP contribution in [0.5, 0.6) is 0 Å². The van der Waals surface area contributed by atoms with Crippen LogP contribution in [0.4, 0.5) is 0 Å². The van der Waals surface area contributed by atoms with Gasteiger partial charge in [-0.15, -0.1) is 0 Å². The Labute approximate surface area is 84.1 Å². The zero-order chi connectivity index (χ0) is 10.6. The number of pyridine rings is 1. The van der Waals surface area contributed by atoms with Crippen LogP contribution in [0.25, 0.3) is 0 Å². The normalized spacial score (nSPS) is 9.93. The molecule has 0 fully saturated rings. The van der Waals surface area contributed by atoms with Crippen LogP contribution in [-0.2, 0) is 11.3 Å². The Bertz CT molecular complexity index is 308. The van der Waals surface area contributed by atoms with E-state index in [1.807, 2.05) is 36.0 Å². The lowest BCUT2D eigenvalue weighted by atomic mass is 10.3. The van der Waals surface area contributed by atoms with Gasteiger partial charge >= 0.3 is 5.91 Å². The van der Waals surface area contributed by atoms with Crippen molar-refractivity contribution in [3.8, 4) is 0 Å². The van der Waals surface area contributed by atoms with Gasteiger partial charge in [0.25, 0.3) is 0 Å². The Balaban J connectivity index is 2.60. The molecule has 0 aromatic carbocycles. The average Bonchev–Trinajstić information content (AvgIpc) is 2.20. The third kappa shape index (κ3) is 2.81. The SMILES string of the molecule is CNN(C)C(=O)C[n+]1ccc(C)cc1. The summed E-state index contributed by atoms with van der Waals surface area (Å²) in [4.78, 5) is 11.5. The van der Waals surface area contributed by atoms with Gasteiger partial charge in [0.15, 0.2) is 12.4 Å². The van der Waals surface area contributed by atoms with Crippen LogP contribution < -0.4 is 9.99 Å². The van der Waals surface area contributed by atoms with Gasteiger partial charge in [-0.2, -0.15) is 4.57 Å². The number of nitrogens with one attached hydrogen (secondary N) is 1. The molecule has 0 saturated carbocycles. The number of nitrogens with zero attached hydrogens (tertiary/aromatic N) is 2. The van der Waals surface area contributed by atoms with Crippen molar-refractivity contribution in [2.75, 3.05) is 14.1 Å². The highest BCUT2D eigenvalue weighted by atomic mass is 16.2. The highest BCUT2D eigenvalue weighted by Crippen LogP contribution is 1.90. The molecule has 0 saturated heterocycles. The predicted molar refractivity (Wildman–Crippen MR) is 53.2 cm³/mol. The molecule has 14 heavy (non-hydrogen) atoms. The van der Waals surface area contributed by atoms with E-state index in [9.17, 15) is 4.79 Å². The highest BCUT2D eigenvalue weighted by Gasteiger charge is 2.12. The summed E-state index contributed by atoms with van der Waals surface area (Å²) in [6.07, 6.45) is 3.80. The number of likely N-dealkylation sites (N-methyl/N-ethyl adjacent to an activating group) is 1. The molecule has 0 atom stereocenters. The lowest BCUT2D eigenvalue weighted by Gasteiger charge is -2.12. The molecule has 1 aromatic heterocycles. The standard InChI is InChI=1S/C10H16N3O/c1-9-4-6-13(7-5-9)8-10(14)12(3)11-2/h4-7,11H,8H2,1-3H3/q+1. The molecule has 0 unspecified atom stereocenters. The first-order valence-electron chi connectivity index (χ1n) is 4.53. The molecule has 76 valence electrons. The Morgan fingerprint density at radius 1 is 1.50 bits per heavy atom. The fraction of sp³-hybridized carbons (Fsp3) is 0.400. The van der Waals surface area contributed by atoms with Crippen LogP contribution in [0.1, 0.15) is 5.56 Å². The van der Waals surface area contributed by atoms with E-state index < -0.39 is 0 Å². The van der Waals surface area contributed by atoms with Gasteiger partial charge in [0.05, 0.1) is 0 Å². The van der Waals surface area contributed by atoms with Crippen molar-refractivity contribution in [3.05, 3.63) is 30.1 Å². The van der Waals surface area contributed by atoms with Crippen molar-refractivity contribution < 1.29 is 9.36 Å². The smallest absolute Gasteiger partial charge is 0.276 e. The zero-order valence-electron chi connectivity index (χ0n) is 8.82.